The molecule has 26 heavy (non-hydrogen) atoms. The molecule has 1 saturated heterocycles. The molecule has 0 spiro atoms. The molecule has 1 heterocycles. The third-order valence-corrected chi connectivity index (χ3v) is 5.03. The summed E-state index contributed by atoms with van der Waals surface area (Å²) in [7, 11) is 4.05. The number of likely N-dealkylation sites (N-methyl/N-ethyl adjacent to an activating group) is 1. The first-order valence-electron chi connectivity index (χ1n) is 9.51. The second kappa shape index (κ2) is 12.5. The maximum absolute atomic E-state index is 4.38. The summed E-state index contributed by atoms with van der Waals surface area (Å²) in [6.45, 7) is 11.1. The van der Waals surface area contributed by atoms with Crippen LogP contribution in [0.4, 0.5) is 0 Å². The summed E-state index contributed by atoms with van der Waals surface area (Å²) in [5, 5.41) is 6.96. The minimum atomic E-state index is 0. The van der Waals surface area contributed by atoms with E-state index in [2.05, 4.69) is 76.7 Å². The van der Waals surface area contributed by atoms with Crippen LogP contribution in [0.15, 0.2) is 35.3 Å². The van der Waals surface area contributed by atoms with E-state index in [4.69, 9.17) is 0 Å². The number of hydrogen-bond acceptors (Lipinski definition) is 3. The van der Waals surface area contributed by atoms with Gasteiger partial charge in [0, 0.05) is 52.4 Å². The third kappa shape index (κ3) is 7.80. The normalized spacial score (nSPS) is 17.7. The molecule has 0 amide bonds. The van der Waals surface area contributed by atoms with E-state index >= 15 is 0 Å². The molecule has 1 aliphatic rings. The van der Waals surface area contributed by atoms with Gasteiger partial charge in [0.15, 0.2) is 5.96 Å². The Morgan fingerprint density at radius 2 is 1.73 bits per heavy atom. The van der Waals surface area contributed by atoms with E-state index < -0.39 is 0 Å². The highest BCUT2D eigenvalue weighted by molar-refractivity contribution is 14.0. The molecule has 0 saturated carbocycles. The Morgan fingerprint density at radius 3 is 2.31 bits per heavy atom. The lowest BCUT2D eigenvalue weighted by molar-refractivity contribution is 0.0900. The van der Waals surface area contributed by atoms with E-state index in [1.807, 2.05) is 7.05 Å². The Kier molecular flexibility index (Phi) is 11.2. The average molecular weight is 473 g/mol. The average Bonchev–Trinajstić information content (AvgIpc) is 2.62. The third-order valence-electron chi connectivity index (χ3n) is 5.03. The van der Waals surface area contributed by atoms with Crippen LogP contribution in [-0.2, 0) is 6.42 Å². The van der Waals surface area contributed by atoms with Gasteiger partial charge in [0.1, 0.15) is 0 Å². The molecule has 1 aromatic carbocycles. The first-order chi connectivity index (χ1) is 12.1. The van der Waals surface area contributed by atoms with Crippen molar-refractivity contribution in [2.45, 2.75) is 26.3 Å². The standard InChI is InChI=1S/C20H35N5.HI/c1-17(2)19(25-14-12-24(4)13-15-25)16-23-20(21-3)22-11-10-18-8-6-5-7-9-18;/h5-9,17,19H,10-16H2,1-4H3,(H2,21,22,23);1H. The SMILES string of the molecule is CN=C(NCCc1ccccc1)NCC(C(C)C)N1CCN(C)CC1.I. The number of halogens is 1. The molecule has 2 rings (SSSR count). The van der Waals surface area contributed by atoms with Crippen LogP contribution in [0.25, 0.3) is 0 Å². The van der Waals surface area contributed by atoms with Crippen molar-refractivity contribution in [3.8, 4) is 0 Å². The summed E-state index contributed by atoms with van der Waals surface area (Å²) in [6.07, 6.45) is 1.01. The molecule has 1 fully saturated rings. The molecule has 0 radical (unpaired) electrons. The maximum atomic E-state index is 4.38. The molecule has 1 aromatic rings. The molecule has 1 atom stereocenters. The van der Waals surface area contributed by atoms with Crippen LogP contribution in [-0.4, -0.2) is 75.2 Å². The Labute approximate surface area is 176 Å². The van der Waals surface area contributed by atoms with Crippen LogP contribution in [0, 0.1) is 5.92 Å². The minimum absolute atomic E-state index is 0. The second-order valence-electron chi connectivity index (χ2n) is 7.27. The number of aliphatic imine (C=N–C) groups is 1. The zero-order valence-corrected chi connectivity index (χ0v) is 19.1. The smallest absolute Gasteiger partial charge is 0.191 e. The topological polar surface area (TPSA) is 42.9 Å². The minimum Gasteiger partial charge on any atom is -0.356 e. The molecule has 148 valence electrons. The fourth-order valence-corrected chi connectivity index (χ4v) is 3.33. The summed E-state index contributed by atoms with van der Waals surface area (Å²) in [5.41, 5.74) is 1.35. The van der Waals surface area contributed by atoms with Crippen LogP contribution >= 0.6 is 24.0 Å². The molecule has 0 aromatic heterocycles. The maximum Gasteiger partial charge on any atom is 0.191 e. The number of rotatable bonds is 7. The summed E-state index contributed by atoms with van der Waals surface area (Å²) in [4.78, 5) is 9.40. The summed E-state index contributed by atoms with van der Waals surface area (Å²) >= 11 is 0. The Hall–Kier alpha value is -0.860. The van der Waals surface area contributed by atoms with Gasteiger partial charge in [-0.25, -0.2) is 0 Å². The molecule has 0 aliphatic carbocycles. The van der Waals surface area contributed by atoms with Crippen LogP contribution in [0.2, 0.25) is 0 Å². The monoisotopic (exact) mass is 473 g/mol. The van der Waals surface area contributed by atoms with Crippen LogP contribution in [0.5, 0.6) is 0 Å². The van der Waals surface area contributed by atoms with E-state index in [-0.39, 0.29) is 24.0 Å². The van der Waals surface area contributed by atoms with Crippen LogP contribution in [0.3, 0.4) is 0 Å². The lowest BCUT2D eigenvalue weighted by atomic mass is 10.0. The first-order valence-corrected chi connectivity index (χ1v) is 9.51. The van der Waals surface area contributed by atoms with Crippen molar-refractivity contribution in [3.63, 3.8) is 0 Å². The number of hydrogen-bond donors (Lipinski definition) is 2. The van der Waals surface area contributed by atoms with Gasteiger partial charge in [0.2, 0.25) is 0 Å². The molecular weight excluding hydrogens is 437 g/mol. The summed E-state index contributed by atoms with van der Waals surface area (Å²) < 4.78 is 0. The zero-order valence-electron chi connectivity index (χ0n) is 16.7. The number of piperazine rings is 1. The van der Waals surface area contributed by atoms with Crippen molar-refractivity contribution < 1.29 is 0 Å². The van der Waals surface area contributed by atoms with Gasteiger partial charge in [-0.05, 0) is 24.9 Å². The molecule has 0 bridgehead atoms. The highest BCUT2D eigenvalue weighted by Gasteiger charge is 2.24. The van der Waals surface area contributed by atoms with Crippen LogP contribution in [0.1, 0.15) is 19.4 Å². The van der Waals surface area contributed by atoms with Crippen molar-refractivity contribution >= 4 is 29.9 Å². The van der Waals surface area contributed by atoms with Crippen molar-refractivity contribution in [3.05, 3.63) is 35.9 Å². The lowest BCUT2D eigenvalue weighted by Gasteiger charge is -2.40. The number of nitrogens with zero attached hydrogens (tertiary/aromatic N) is 3. The highest BCUT2D eigenvalue weighted by Crippen LogP contribution is 2.12. The van der Waals surface area contributed by atoms with Crippen molar-refractivity contribution in [1.29, 1.82) is 0 Å². The van der Waals surface area contributed by atoms with E-state index in [1.165, 1.54) is 5.56 Å². The highest BCUT2D eigenvalue weighted by atomic mass is 127. The van der Waals surface area contributed by atoms with E-state index in [0.29, 0.717) is 12.0 Å². The molecule has 5 nitrogen and oxygen atoms in total. The number of nitrogens with one attached hydrogen (secondary N) is 2. The van der Waals surface area contributed by atoms with E-state index in [0.717, 1.165) is 51.6 Å². The van der Waals surface area contributed by atoms with E-state index in [9.17, 15) is 0 Å². The molecule has 1 aliphatic heterocycles. The Morgan fingerprint density at radius 1 is 1.08 bits per heavy atom. The molecular formula is C20H36IN5. The number of guanidine groups is 1. The summed E-state index contributed by atoms with van der Waals surface area (Å²) in [6, 6.07) is 11.1. The molecule has 6 heteroatoms. The predicted octanol–water partition coefficient (Wildman–Crippen LogP) is 2.28. The van der Waals surface area contributed by atoms with Gasteiger partial charge in [-0.3, -0.25) is 9.89 Å². The van der Waals surface area contributed by atoms with Gasteiger partial charge in [-0.1, -0.05) is 44.2 Å². The first kappa shape index (κ1) is 23.2. The van der Waals surface area contributed by atoms with Crippen LogP contribution < -0.4 is 10.6 Å². The predicted molar refractivity (Wildman–Crippen MR) is 123 cm³/mol. The van der Waals surface area contributed by atoms with Crippen molar-refractivity contribution in [2.75, 3.05) is 53.4 Å². The fraction of sp³-hybridized carbons (Fsp3) is 0.650. The largest absolute Gasteiger partial charge is 0.356 e. The second-order valence-corrected chi connectivity index (χ2v) is 7.27. The van der Waals surface area contributed by atoms with Gasteiger partial charge in [0.05, 0.1) is 0 Å². The Balaban J connectivity index is 0.00000338. The summed E-state index contributed by atoms with van der Waals surface area (Å²) in [5.74, 6) is 1.52. The van der Waals surface area contributed by atoms with Gasteiger partial charge in [-0.2, -0.15) is 0 Å². The zero-order chi connectivity index (χ0) is 18.1. The van der Waals surface area contributed by atoms with Crippen molar-refractivity contribution in [2.24, 2.45) is 10.9 Å². The van der Waals surface area contributed by atoms with Gasteiger partial charge >= 0.3 is 0 Å². The fourth-order valence-electron chi connectivity index (χ4n) is 3.33. The van der Waals surface area contributed by atoms with Gasteiger partial charge in [-0.15, -0.1) is 24.0 Å². The van der Waals surface area contributed by atoms with Crippen molar-refractivity contribution in [1.82, 2.24) is 20.4 Å². The van der Waals surface area contributed by atoms with Gasteiger partial charge < -0.3 is 15.5 Å². The lowest BCUT2D eigenvalue weighted by Crippen LogP contribution is -2.55. The Bertz CT molecular complexity index is 512. The molecule has 2 N–H and O–H groups in total. The van der Waals surface area contributed by atoms with Gasteiger partial charge in [0.25, 0.3) is 0 Å². The quantitative estimate of drug-likeness (QED) is 0.363. The van der Waals surface area contributed by atoms with E-state index in [1.54, 1.807) is 0 Å². The molecule has 1 unspecified atom stereocenters. The number of benzene rings is 1.